The van der Waals surface area contributed by atoms with E-state index < -0.39 is 0 Å². The predicted molar refractivity (Wildman–Crippen MR) is 137 cm³/mol. The molecule has 2 N–H and O–H groups in total. The first-order valence-corrected chi connectivity index (χ1v) is 13.0. The van der Waals surface area contributed by atoms with Crippen LogP contribution in [0.5, 0.6) is 11.5 Å². The molecular formula is C25H35ClN2O4S. The Morgan fingerprint density at radius 3 is 2.70 bits per heavy atom. The van der Waals surface area contributed by atoms with Crippen LogP contribution in [0.2, 0.25) is 5.02 Å². The van der Waals surface area contributed by atoms with Crippen LogP contribution in [0.15, 0.2) is 28.3 Å². The van der Waals surface area contributed by atoms with Crippen LogP contribution in [0.3, 0.4) is 0 Å². The lowest BCUT2D eigenvalue weighted by Crippen LogP contribution is -2.31. The van der Waals surface area contributed by atoms with Crippen molar-refractivity contribution in [2.24, 2.45) is 0 Å². The Kier molecular flexibility index (Phi) is 11.1. The average molecular weight is 495 g/mol. The Morgan fingerprint density at radius 2 is 2.06 bits per heavy atom. The predicted octanol–water partition coefficient (Wildman–Crippen LogP) is 5.43. The van der Waals surface area contributed by atoms with Gasteiger partial charge in [-0.25, -0.2) is 0 Å². The second-order valence-corrected chi connectivity index (χ2v) is 9.32. The fourth-order valence-corrected chi connectivity index (χ4v) is 4.47. The summed E-state index contributed by atoms with van der Waals surface area (Å²) in [7, 11) is 1.82. The number of hydrogen-bond donors (Lipinski definition) is 2. The summed E-state index contributed by atoms with van der Waals surface area (Å²) in [6.07, 6.45) is 10.0. The number of carbonyl (C=O) groups is 2. The molecule has 1 amide bonds. The highest BCUT2D eigenvalue weighted by molar-refractivity contribution is 8.02. The van der Waals surface area contributed by atoms with Gasteiger partial charge in [0.1, 0.15) is 19.0 Å². The van der Waals surface area contributed by atoms with Crippen LogP contribution in [-0.2, 0) is 4.79 Å². The van der Waals surface area contributed by atoms with Crippen molar-refractivity contribution in [2.75, 3.05) is 26.5 Å². The number of aldehydes is 1. The molecule has 0 aliphatic carbocycles. The number of benzene rings is 1. The van der Waals surface area contributed by atoms with Gasteiger partial charge < -0.3 is 20.1 Å². The van der Waals surface area contributed by atoms with Gasteiger partial charge in [-0.05, 0) is 45.1 Å². The zero-order valence-corrected chi connectivity index (χ0v) is 21.8. The van der Waals surface area contributed by atoms with Gasteiger partial charge in [0.15, 0.2) is 11.5 Å². The smallest absolute Gasteiger partial charge is 0.252 e. The molecule has 1 aliphatic rings. The third-order valence-corrected chi connectivity index (χ3v) is 6.72. The summed E-state index contributed by atoms with van der Waals surface area (Å²) in [6, 6.07) is 1.60. The van der Waals surface area contributed by atoms with Crippen molar-refractivity contribution < 1.29 is 19.1 Å². The fraction of sp³-hybridized carbons (Fsp3) is 0.520. The van der Waals surface area contributed by atoms with Crippen LogP contribution >= 0.6 is 23.4 Å². The quantitative estimate of drug-likeness (QED) is 0.175. The fourth-order valence-electron chi connectivity index (χ4n) is 3.54. The number of allylic oxidation sites excluding steroid dienone is 2. The van der Waals surface area contributed by atoms with E-state index in [0.29, 0.717) is 39.8 Å². The van der Waals surface area contributed by atoms with Gasteiger partial charge in [0.05, 0.1) is 5.02 Å². The molecule has 8 heteroatoms. The number of nitrogens with one attached hydrogen (secondary N) is 2. The van der Waals surface area contributed by atoms with E-state index in [2.05, 4.69) is 17.6 Å². The molecule has 1 heterocycles. The number of fused-ring (bicyclic) bond motifs is 1. The van der Waals surface area contributed by atoms with Crippen molar-refractivity contribution in [1.29, 1.82) is 0 Å². The molecule has 182 valence electrons. The van der Waals surface area contributed by atoms with E-state index in [4.69, 9.17) is 21.1 Å². The second kappa shape index (κ2) is 13.6. The van der Waals surface area contributed by atoms with Gasteiger partial charge in [0.25, 0.3) is 5.91 Å². The van der Waals surface area contributed by atoms with Gasteiger partial charge in [0.2, 0.25) is 0 Å². The summed E-state index contributed by atoms with van der Waals surface area (Å²) in [5, 5.41) is 6.22. The molecule has 6 nitrogen and oxygen atoms in total. The standard InChI is InChI=1S/C25H35ClN2O4S/c1-6-7-8-9-10-19-15-31-24-21(26)12-20(17(3)23(24)32-19)25(30)28-13-18(14-29)22(33-5)11-16(2)27-4/h11-12,14,19,27H,6-10,13,15H2,1-5H3,(H,28,30)/b16-11-,22-18+. The third kappa shape index (κ3) is 7.44. The maximum absolute atomic E-state index is 13.0. The Morgan fingerprint density at radius 1 is 1.30 bits per heavy atom. The molecule has 1 atom stereocenters. The van der Waals surface area contributed by atoms with E-state index in [0.717, 1.165) is 29.7 Å². The van der Waals surface area contributed by atoms with Crippen LogP contribution in [-0.4, -0.2) is 44.8 Å². The molecule has 1 aliphatic heterocycles. The molecule has 33 heavy (non-hydrogen) atoms. The first kappa shape index (κ1) is 27.1. The maximum atomic E-state index is 13.0. The van der Waals surface area contributed by atoms with Gasteiger partial charge in [-0.15, -0.1) is 11.8 Å². The van der Waals surface area contributed by atoms with E-state index in [1.807, 2.05) is 33.2 Å². The first-order chi connectivity index (χ1) is 15.9. The van der Waals surface area contributed by atoms with Crippen LogP contribution in [0.25, 0.3) is 0 Å². The largest absolute Gasteiger partial charge is 0.484 e. The monoisotopic (exact) mass is 494 g/mol. The number of hydrogen-bond acceptors (Lipinski definition) is 6. The van der Waals surface area contributed by atoms with Gasteiger partial charge in [0, 0.05) is 40.9 Å². The molecule has 0 aromatic heterocycles. The number of carbonyl (C=O) groups excluding carboxylic acids is 2. The number of ether oxygens (including phenoxy) is 2. The first-order valence-electron chi connectivity index (χ1n) is 11.3. The van der Waals surface area contributed by atoms with E-state index in [9.17, 15) is 9.59 Å². The Balaban J connectivity index is 2.18. The van der Waals surface area contributed by atoms with Crippen molar-refractivity contribution in [3.8, 4) is 11.5 Å². The molecule has 0 saturated heterocycles. The zero-order chi connectivity index (χ0) is 24.4. The van der Waals surface area contributed by atoms with Crippen molar-refractivity contribution in [2.45, 2.75) is 59.0 Å². The van der Waals surface area contributed by atoms with Crippen molar-refractivity contribution in [1.82, 2.24) is 10.6 Å². The zero-order valence-electron chi connectivity index (χ0n) is 20.2. The van der Waals surface area contributed by atoms with Crippen LogP contribution < -0.4 is 20.1 Å². The summed E-state index contributed by atoms with van der Waals surface area (Å²) in [5.74, 6) is 0.698. The lowest BCUT2D eigenvalue weighted by atomic mass is 10.0. The van der Waals surface area contributed by atoms with Crippen LogP contribution in [0, 0.1) is 6.92 Å². The third-order valence-electron chi connectivity index (χ3n) is 5.62. The van der Waals surface area contributed by atoms with Crippen LogP contribution in [0.4, 0.5) is 0 Å². The molecule has 0 radical (unpaired) electrons. The van der Waals surface area contributed by atoms with Gasteiger partial charge in [-0.2, -0.15) is 0 Å². The lowest BCUT2D eigenvalue weighted by molar-refractivity contribution is -0.104. The number of amides is 1. The van der Waals surface area contributed by atoms with Gasteiger partial charge >= 0.3 is 0 Å². The molecular weight excluding hydrogens is 460 g/mol. The molecule has 0 bridgehead atoms. The van der Waals surface area contributed by atoms with Gasteiger partial charge in [-0.1, -0.05) is 37.8 Å². The number of unbranched alkanes of at least 4 members (excludes halogenated alkanes) is 3. The topological polar surface area (TPSA) is 76.7 Å². The van der Waals surface area contributed by atoms with E-state index in [-0.39, 0.29) is 18.6 Å². The van der Waals surface area contributed by atoms with E-state index >= 15 is 0 Å². The molecule has 0 saturated carbocycles. The van der Waals surface area contributed by atoms with E-state index in [1.165, 1.54) is 31.0 Å². The summed E-state index contributed by atoms with van der Waals surface area (Å²) in [5.41, 5.74) is 2.51. The van der Waals surface area contributed by atoms with Crippen molar-refractivity contribution in [3.05, 3.63) is 44.5 Å². The second-order valence-electron chi connectivity index (χ2n) is 8.06. The average Bonchev–Trinajstić information content (AvgIpc) is 2.83. The number of thioether (sulfide) groups is 1. The normalized spacial score (nSPS) is 16.2. The summed E-state index contributed by atoms with van der Waals surface area (Å²) < 4.78 is 12.1. The highest BCUT2D eigenvalue weighted by Gasteiger charge is 2.28. The Labute approximate surface area is 206 Å². The summed E-state index contributed by atoms with van der Waals surface area (Å²) >= 11 is 7.87. The molecule has 1 aromatic carbocycles. The SMILES string of the molecule is CCCCCCC1COc2c(Cl)cc(C(=O)NC/C(C=O)=C(/C=C(/C)NC)SC)c(C)c2O1. The highest BCUT2D eigenvalue weighted by atomic mass is 35.5. The Bertz CT molecular complexity index is 914. The summed E-state index contributed by atoms with van der Waals surface area (Å²) in [4.78, 5) is 25.5. The molecule has 0 spiro atoms. The van der Waals surface area contributed by atoms with Crippen LogP contribution in [0.1, 0.15) is 61.9 Å². The highest BCUT2D eigenvalue weighted by Crippen LogP contribution is 2.43. The molecule has 0 fully saturated rings. The minimum absolute atomic E-state index is 0.0571. The molecule has 1 aromatic rings. The molecule has 2 rings (SSSR count). The summed E-state index contributed by atoms with van der Waals surface area (Å²) in [6.45, 7) is 6.49. The van der Waals surface area contributed by atoms with Gasteiger partial charge in [-0.3, -0.25) is 9.59 Å². The van der Waals surface area contributed by atoms with Crippen molar-refractivity contribution >= 4 is 35.6 Å². The molecule has 1 unspecified atom stereocenters. The number of rotatable bonds is 12. The minimum Gasteiger partial charge on any atom is -0.484 e. The maximum Gasteiger partial charge on any atom is 0.252 e. The number of halogens is 1. The minimum atomic E-state index is -0.319. The lowest BCUT2D eigenvalue weighted by Gasteiger charge is -2.29. The Hall–Kier alpha value is -2.12. The van der Waals surface area contributed by atoms with Crippen molar-refractivity contribution in [3.63, 3.8) is 0 Å². The van der Waals surface area contributed by atoms with E-state index in [1.54, 1.807) is 6.07 Å².